The highest BCUT2D eigenvalue weighted by Crippen LogP contribution is 2.64. The van der Waals surface area contributed by atoms with Gasteiger partial charge >= 0.3 is 0 Å². The van der Waals surface area contributed by atoms with Crippen molar-refractivity contribution in [2.75, 3.05) is 12.9 Å². The molecule has 2 aliphatic carbocycles. The van der Waals surface area contributed by atoms with Crippen molar-refractivity contribution in [3.05, 3.63) is 35.4 Å². The molecule has 138 valence electrons. The second-order valence-corrected chi connectivity index (χ2v) is 9.81. The molecule has 0 unspecified atom stereocenters. The third-order valence-corrected chi connectivity index (χ3v) is 7.83. The molecule has 25 heavy (non-hydrogen) atoms. The van der Waals surface area contributed by atoms with E-state index in [0.29, 0.717) is 25.4 Å². The first-order valence-electron chi connectivity index (χ1n) is 8.78. The molecule has 0 radical (unpaired) electrons. The average molecular weight is 365 g/mol. The van der Waals surface area contributed by atoms with Crippen molar-refractivity contribution >= 4 is 15.8 Å². The summed E-state index contributed by atoms with van der Waals surface area (Å²) < 4.78 is 33.2. The maximum Gasteiger partial charge on any atom is 0.212 e. The lowest BCUT2D eigenvalue weighted by Crippen LogP contribution is -2.45. The van der Waals surface area contributed by atoms with Crippen LogP contribution in [0.3, 0.4) is 0 Å². The number of nitrogens with one attached hydrogen (secondary N) is 1. The number of carbonyl (C=O) groups is 1. The topological polar surface area (TPSA) is 72.5 Å². The molecule has 1 aromatic rings. The molecule has 2 atom stereocenters. The Bertz CT molecular complexity index is 771. The molecule has 5 nitrogen and oxygen atoms in total. The summed E-state index contributed by atoms with van der Waals surface area (Å²) in [4.78, 5) is 12.5. The number of carbonyl (C=O) groups excluding carboxylic acids is 1. The van der Waals surface area contributed by atoms with E-state index >= 15 is 0 Å². The average Bonchev–Trinajstić information content (AvgIpc) is 2.88. The summed E-state index contributed by atoms with van der Waals surface area (Å²) in [5, 5.41) is 0. The van der Waals surface area contributed by atoms with Crippen LogP contribution in [0.4, 0.5) is 0 Å². The minimum Gasteiger partial charge on any atom is -0.380 e. The molecular formula is C19H27NO4S. The quantitative estimate of drug-likeness (QED) is 0.806. The van der Waals surface area contributed by atoms with Crippen molar-refractivity contribution in [2.45, 2.75) is 46.3 Å². The van der Waals surface area contributed by atoms with Crippen LogP contribution < -0.4 is 4.72 Å². The van der Waals surface area contributed by atoms with E-state index in [1.165, 1.54) is 0 Å². The van der Waals surface area contributed by atoms with Gasteiger partial charge in [-0.1, -0.05) is 38.1 Å². The molecule has 2 aliphatic rings. The monoisotopic (exact) mass is 365 g/mol. The first-order chi connectivity index (χ1) is 11.7. The Morgan fingerprint density at radius 1 is 1.28 bits per heavy atom. The third-order valence-electron chi connectivity index (χ3n) is 6.37. The van der Waals surface area contributed by atoms with Gasteiger partial charge in [0.25, 0.3) is 0 Å². The predicted octanol–water partition coefficient (Wildman–Crippen LogP) is 2.65. The van der Waals surface area contributed by atoms with Crippen molar-refractivity contribution in [3.63, 3.8) is 0 Å². The Labute approximate surface area is 150 Å². The zero-order valence-corrected chi connectivity index (χ0v) is 16.0. The van der Waals surface area contributed by atoms with E-state index in [2.05, 4.69) is 18.6 Å². The van der Waals surface area contributed by atoms with E-state index in [1.807, 2.05) is 24.3 Å². The number of methoxy groups -OCH3 is 1. The summed E-state index contributed by atoms with van der Waals surface area (Å²) in [6, 6.07) is 7.65. The number of ketones is 1. The predicted molar refractivity (Wildman–Crippen MR) is 96.3 cm³/mol. The summed E-state index contributed by atoms with van der Waals surface area (Å²) in [5.41, 5.74) is 0.930. The summed E-state index contributed by atoms with van der Waals surface area (Å²) >= 11 is 0. The lowest BCUT2D eigenvalue weighted by atomic mass is 9.70. The molecule has 2 fully saturated rings. The van der Waals surface area contributed by atoms with Gasteiger partial charge in [-0.15, -0.1) is 0 Å². The molecule has 0 spiro atoms. The van der Waals surface area contributed by atoms with Crippen molar-refractivity contribution in [3.8, 4) is 0 Å². The minimum absolute atomic E-state index is 0.0971. The summed E-state index contributed by atoms with van der Waals surface area (Å²) in [6.45, 7) is 4.83. The van der Waals surface area contributed by atoms with Crippen LogP contribution in [0.15, 0.2) is 24.3 Å². The molecule has 2 saturated carbocycles. The lowest BCUT2D eigenvalue weighted by Gasteiger charge is -2.36. The summed E-state index contributed by atoms with van der Waals surface area (Å²) in [5.74, 6) is 0.349. The molecule has 3 rings (SSSR count). The number of rotatable bonds is 7. The van der Waals surface area contributed by atoms with E-state index in [-0.39, 0.29) is 23.5 Å². The van der Waals surface area contributed by atoms with Crippen molar-refractivity contribution < 1.29 is 17.9 Å². The molecule has 0 aromatic heterocycles. The van der Waals surface area contributed by atoms with E-state index in [1.54, 1.807) is 7.11 Å². The molecule has 6 heteroatoms. The fraction of sp³-hybridized carbons (Fsp3) is 0.632. The second kappa shape index (κ2) is 6.49. The fourth-order valence-electron chi connectivity index (χ4n) is 4.67. The number of hydrogen-bond donors (Lipinski definition) is 1. The van der Waals surface area contributed by atoms with Crippen LogP contribution in [0.2, 0.25) is 0 Å². The minimum atomic E-state index is -3.54. The van der Waals surface area contributed by atoms with Crippen LogP contribution in [-0.2, 0) is 32.7 Å². The van der Waals surface area contributed by atoms with Gasteiger partial charge in [0, 0.05) is 25.5 Å². The zero-order chi connectivity index (χ0) is 18.3. The molecule has 1 aromatic carbocycles. The van der Waals surface area contributed by atoms with E-state index in [4.69, 9.17) is 4.74 Å². The number of sulfonamides is 1. The van der Waals surface area contributed by atoms with Crippen molar-refractivity contribution in [2.24, 2.45) is 16.7 Å². The molecular weight excluding hydrogens is 338 g/mol. The van der Waals surface area contributed by atoms with Gasteiger partial charge in [0.15, 0.2) is 0 Å². The maximum atomic E-state index is 12.7. The van der Waals surface area contributed by atoms with Crippen molar-refractivity contribution in [1.82, 2.24) is 4.72 Å². The first kappa shape index (κ1) is 18.5. The van der Waals surface area contributed by atoms with Gasteiger partial charge in [-0.2, -0.15) is 0 Å². The SMILES string of the molecule is COCc1cccc(CNS(=O)(=O)C[C@@]23CC[C@@H](CC2=O)C3(C)C)c1. The zero-order valence-electron chi connectivity index (χ0n) is 15.2. The highest BCUT2D eigenvalue weighted by molar-refractivity contribution is 7.89. The highest BCUT2D eigenvalue weighted by Gasteiger charge is 2.65. The van der Waals surface area contributed by atoms with E-state index in [9.17, 15) is 13.2 Å². The second-order valence-electron chi connectivity index (χ2n) is 8.00. The van der Waals surface area contributed by atoms with Gasteiger partial charge < -0.3 is 4.74 Å². The largest absolute Gasteiger partial charge is 0.380 e. The standard InChI is InChI=1S/C19H27NO4S/c1-18(2)16-7-8-19(18,17(21)10-16)13-25(22,23)20-11-14-5-4-6-15(9-14)12-24-3/h4-6,9,16,20H,7-8,10-13H2,1-3H3/t16-,19-/m0/s1. The van der Waals surface area contributed by atoms with Crippen LogP contribution in [-0.4, -0.2) is 27.1 Å². The van der Waals surface area contributed by atoms with Crippen molar-refractivity contribution in [1.29, 1.82) is 0 Å². The molecule has 0 saturated heterocycles. The number of ether oxygens (including phenoxy) is 1. The smallest absolute Gasteiger partial charge is 0.212 e. The van der Waals surface area contributed by atoms with Crippen LogP contribution in [0.25, 0.3) is 0 Å². The van der Waals surface area contributed by atoms with Crippen LogP contribution >= 0.6 is 0 Å². The van der Waals surface area contributed by atoms with Gasteiger partial charge in [-0.3, -0.25) is 4.79 Å². The Kier molecular flexibility index (Phi) is 4.81. The number of fused-ring (bicyclic) bond motifs is 2. The van der Waals surface area contributed by atoms with Gasteiger partial charge in [0.1, 0.15) is 5.78 Å². The number of hydrogen-bond acceptors (Lipinski definition) is 4. The van der Waals surface area contributed by atoms with Gasteiger partial charge in [-0.05, 0) is 35.3 Å². The summed E-state index contributed by atoms with van der Waals surface area (Å²) in [7, 11) is -1.91. The molecule has 2 bridgehead atoms. The summed E-state index contributed by atoms with van der Waals surface area (Å²) in [6.07, 6.45) is 2.17. The molecule has 0 heterocycles. The van der Waals surface area contributed by atoms with Gasteiger partial charge in [0.2, 0.25) is 10.0 Å². The molecule has 1 N–H and O–H groups in total. The molecule has 0 aliphatic heterocycles. The highest BCUT2D eigenvalue weighted by atomic mass is 32.2. The van der Waals surface area contributed by atoms with Gasteiger partial charge in [-0.25, -0.2) is 13.1 Å². The number of Topliss-reactive ketones (excluding diaryl/α,β-unsaturated/α-hetero) is 1. The number of benzene rings is 1. The van der Waals surface area contributed by atoms with E-state index in [0.717, 1.165) is 17.5 Å². The fourth-order valence-corrected chi connectivity index (χ4v) is 6.49. The van der Waals surface area contributed by atoms with Crippen LogP contribution in [0.1, 0.15) is 44.2 Å². The Morgan fingerprint density at radius 3 is 2.60 bits per heavy atom. The first-order valence-corrected chi connectivity index (χ1v) is 10.4. The van der Waals surface area contributed by atoms with E-state index < -0.39 is 15.4 Å². The van der Waals surface area contributed by atoms with Crippen LogP contribution in [0.5, 0.6) is 0 Å². The Balaban J connectivity index is 1.71. The van der Waals surface area contributed by atoms with Crippen LogP contribution in [0, 0.1) is 16.7 Å². The lowest BCUT2D eigenvalue weighted by molar-refractivity contribution is -0.128. The Morgan fingerprint density at radius 2 is 2.00 bits per heavy atom. The molecule has 0 amide bonds. The van der Waals surface area contributed by atoms with Gasteiger partial charge in [0.05, 0.1) is 12.4 Å². The normalized spacial score (nSPS) is 27.8. The third kappa shape index (κ3) is 3.27. The Hall–Kier alpha value is -1.24. The maximum absolute atomic E-state index is 12.7.